The van der Waals surface area contributed by atoms with Crippen LogP contribution in [0.4, 0.5) is 39.5 Å². The standard InChI is InChI=1S/C16H20F9I/c17-14(18,19)12(15(20,21)22)7-4-10(5-8-12)9-11-3-1-2-6-13(11,26)16(23,24)25/h10-11H,1-9H2. The van der Waals surface area contributed by atoms with Gasteiger partial charge in [-0.3, -0.25) is 0 Å². The molecule has 0 aromatic carbocycles. The first-order chi connectivity index (χ1) is 11.6. The van der Waals surface area contributed by atoms with Crippen molar-refractivity contribution in [1.29, 1.82) is 0 Å². The zero-order chi connectivity index (χ0) is 20.0. The molecule has 0 spiro atoms. The first-order valence-corrected chi connectivity index (χ1v) is 9.61. The molecular formula is C16H20F9I. The molecule has 2 aliphatic rings. The fraction of sp³-hybridized carbons (Fsp3) is 1.00. The monoisotopic (exact) mass is 510 g/mol. The number of halogens is 10. The van der Waals surface area contributed by atoms with Gasteiger partial charge in [0.15, 0.2) is 5.41 Å². The molecule has 0 N–H and O–H groups in total. The minimum atomic E-state index is -5.40. The molecule has 0 aromatic rings. The van der Waals surface area contributed by atoms with Gasteiger partial charge in [-0.05, 0) is 56.8 Å². The van der Waals surface area contributed by atoms with E-state index in [1.807, 2.05) is 0 Å². The third-order valence-corrected chi connectivity index (χ3v) is 8.16. The van der Waals surface area contributed by atoms with Crippen LogP contribution in [0.25, 0.3) is 0 Å². The first-order valence-electron chi connectivity index (χ1n) is 8.53. The van der Waals surface area contributed by atoms with E-state index in [4.69, 9.17) is 0 Å². The Hall–Kier alpha value is 0.100. The highest BCUT2D eigenvalue weighted by Crippen LogP contribution is 2.60. The predicted octanol–water partition coefficient (Wildman–Crippen LogP) is 7.60. The molecule has 0 amide bonds. The summed E-state index contributed by atoms with van der Waals surface area (Å²) < 4.78 is 117. The van der Waals surface area contributed by atoms with E-state index >= 15 is 0 Å². The molecule has 154 valence electrons. The van der Waals surface area contributed by atoms with E-state index in [1.165, 1.54) is 22.6 Å². The van der Waals surface area contributed by atoms with Crippen molar-refractivity contribution in [2.45, 2.75) is 79.7 Å². The van der Waals surface area contributed by atoms with Crippen LogP contribution in [0.3, 0.4) is 0 Å². The molecule has 2 aliphatic carbocycles. The van der Waals surface area contributed by atoms with Crippen LogP contribution >= 0.6 is 22.6 Å². The van der Waals surface area contributed by atoms with Gasteiger partial charge < -0.3 is 0 Å². The third-order valence-electron chi connectivity index (χ3n) is 6.12. The summed E-state index contributed by atoms with van der Waals surface area (Å²) in [6.45, 7) is 0. The van der Waals surface area contributed by atoms with Gasteiger partial charge in [-0.2, -0.15) is 39.5 Å². The Labute approximate surface area is 159 Å². The molecule has 0 bridgehead atoms. The second kappa shape index (κ2) is 7.17. The number of rotatable bonds is 2. The summed E-state index contributed by atoms with van der Waals surface area (Å²) in [7, 11) is 0. The van der Waals surface area contributed by atoms with Gasteiger partial charge in [0.1, 0.15) is 3.42 Å². The van der Waals surface area contributed by atoms with Crippen LogP contribution in [-0.4, -0.2) is 22.0 Å². The van der Waals surface area contributed by atoms with Crippen molar-refractivity contribution in [2.75, 3.05) is 0 Å². The smallest absolute Gasteiger partial charge is 0.170 e. The summed E-state index contributed by atoms with van der Waals surface area (Å²) >= 11 is 1.40. The molecule has 2 atom stereocenters. The highest BCUT2D eigenvalue weighted by atomic mass is 127. The van der Waals surface area contributed by atoms with E-state index in [-0.39, 0.29) is 25.7 Å². The second-order valence-corrected chi connectivity index (χ2v) is 9.48. The van der Waals surface area contributed by atoms with Crippen molar-refractivity contribution in [2.24, 2.45) is 17.3 Å². The Balaban J connectivity index is 2.10. The summed E-state index contributed by atoms with van der Waals surface area (Å²) in [6, 6.07) is 0. The highest BCUT2D eigenvalue weighted by molar-refractivity contribution is 14.1. The summed E-state index contributed by atoms with van der Waals surface area (Å²) in [6.07, 6.45) is -16.8. The molecule has 2 saturated carbocycles. The third kappa shape index (κ3) is 3.94. The van der Waals surface area contributed by atoms with Crippen LogP contribution in [-0.2, 0) is 0 Å². The lowest BCUT2D eigenvalue weighted by molar-refractivity contribution is -0.351. The van der Waals surface area contributed by atoms with Crippen molar-refractivity contribution >= 4 is 22.6 Å². The Morgan fingerprint density at radius 3 is 1.62 bits per heavy atom. The largest absolute Gasteiger partial charge is 0.403 e. The fourth-order valence-electron chi connectivity index (χ4n) is 4.42. The zero-order valence-electron chi connectivity index (χ0n) is 13.8. The summed E-state index contributed by atoms with van der Waals surface area (Å²) in [4.78, 5) is 0. The zero-order valence-corrected chi connectivity index (χ0v) is 16.0. The Morgan fingerprint density at radius 1 is 0.692 bits per heavy atom. The van der Waals surface area contributed by atoms with E-state index in [9.17, 15) is 39.5 Å². The van der Waals surface area contributed by atoms with Gasteiger partial charge in [-0.25, -0.2) is 0 Å². The highest BCUT2D eigenvalue weighted by Gasteiger charge is 2.70. The number of alkyl halides is 10. The fourth-order valence-corrected chi connectivity index (χ4v) is 5.37. The van der Waals surface area contributed by atoms with Crippen LogP contribution in [0.15, 0.2) is 0 Å². The molecule has 2 unspecified atom stereocenters. The molecule has 0 saturated heterocycles. The van der Waals surface area contributed by atoms with Crippen LogP contribution < -0.4 is 0 Å². The van der Waals surface area contributed by atoms with Crippen LogP contribution in [0, 0.1) is 17.3 Å². The molecule has 2 rings (SSSR count). The summed E-state index contributed by atoms with van der Waals surface area (Å²) in [5.41, 5.74) is -3.73. The van der Waals surface area contributed by atoms with E-state index in [2.05, 4.69) is 0 Å². The van der Waals surface area contributed by atoms with E-state index in [0.29, 0.717) is 19.3 Å². The second-order valence-electron chi connectivity index (χ2n) is 7.56. The molecule has 10 heteroatoms. The predicted molar refractivity (Wildman–Crippen MR) is 85.9 cm³/mol. The molecule has 0 nitrogen and oxygen atoms in total. The lowest BCUT2D eigenvalue weighted by atomic mass is 9.65. The Kier molecular flexibility index (Phi) is 6.17. The minimum Gasteiger partial charge on any atom is -0.170 e. The molecule has 0 heterocycles. The lowest BCUT2D eigenvalue weighted by Crippen LogP contribution is -2.52. The van der Waals surface area contributed by atoms with Crippen molar-refractivity contribution in [3.8, 4) is 0 Å². The molecule has 0 aromatic heterocycles. The van der Waals surface area contributed by atoms with Gasteiger partial charge in [0.05, 0.1) is 0 Å². The molecular weight excluding hydrogens is 490 g/mol. The average molecular weight is 510 g/mol. The first kappa shape index (κ1) is 22.4. The molecule has 0 radical (unpaired) electrons. The Morgan fingerprint density at radius 2 is 1.19 bits per heavy atom. The summed E-state index contributed by atoms with van der Waals surface area (Å²) in [5, 5.41) is 0. The lowest BCUT2D eigenvalue weighted by Gasteiger charge is -2.45. The van der Waals surface area contributed by atoms with Crippen LogP contribution in [0.1, 0.15) is 57.8 Å². The topological polar surface area (TPSA) is 0 Å². The number of hydrogen-bond donors (Lipinski definition) is 0. The van der Waals surface area contributed by atoms with Gasteiger partial charge in [-0.15, -0.1) is 0 Å². The average Bonchev–Trinajstić information content (AvgIpc) is 2.47. The quantitative estimate of drug-likeness (QED) is 0.204. The molecule has 0 aliphatic heterocycles. The number of hydrogen-bond acceptors (Lipinski definition) is 0. The van der Waals surface area contributed by atoms with Crippen molar-refractivity contribution in [3.05, 3.63) is 0 Å². The molecule has 26 heavy (non-hydrogen) atoms. The van der Waals surface area contributed by atoms with Crippen molar-refractivity contribution < 1.29 is 39.5 Å². The van der Waals surface area contributed by atoms with Crippen LogP contribution in [0.5, 0.6) is 0 Å². The normalized spacial score (nSPS) is 31.8. The van der Waals surface area contributed by atoms with Gasteiger partial charge in [0.25, 0.3) is 0 Å². The maximum Gasteiger partial charge on any atom is 0.403 e. The summed E-state index contributed by atoms with van der Waals surface area (Å²) in [5.74, 6) is -1.29. The van der Waals surface area contributed by atoms with Gasteiger partial charge in [0.2, 0.25) is 0 Å². The Bertz CT molecular complexity index is 469. The SMILES string of the molecule is FC(F)(F)C1(I)CCCCC1CC1CCC(C(F)(F)F)(C(F)(F)F)CC1. The van der Waals surface area contributed by atoms with Crippen molar-refractivity contribution in [3.63, 3.8) is 0 Å². The van der Waals surface area contributed by atoms with Crippen molar-refractivity contribution in [1.82, 2.24) is 0 Å². The van der Waals surface area contributed by atoms with Gasteiger partial charge in [0, 0.05) is 0 Å². The van der Waals surface area contributed by atoms with Gasteiger partial charge in [-0.1, -0.05) is 35.4 Å². The van der Waals surface area contributed by atoms with E-state index < -0.39 is 52.0 Å². The molecule has 2 fully saturated rings. The maximum absolute atomic E-state index is 13.5. The van der Waals surface area contributed by atoms with E-state index in [0.717, 1.165) is 0 Å². The maximum atomic E-state index is 13.5. The van der Waals surface area contributed by atoms with Crippen LogP contribution in [0.2, 0.25) is 0 Å². The van der Waals surface area contributed by atoms with E-state index in [1.54, 1.807) is 0 Å². The minimum absolute atomic E-state index is 0.0360. The van der Waals surface area contributed by atoms with Gasteiger partial charge >= 0.3 is 18.5 Å².